The van der Waals surface area contributed by atoms with Crippen molar-refractivity contribution in [3.63, 3.8) is 0 Å². The fourth-order valence-electron chi connectivity index (χ4n) is 1.85. The molecule has 0 fully saturated rings. The van der Waals surface area contributed by atoms with E-state index in [9.17, 15) is 4.79 Å². The van der Waals surface area contributed by atoms with E-state index in [1.807, 2.05) is 66.7 Å². The maximum Gasteiger partial charge on any atom is 0.289 e. The van der Waals surface area contributed by atoms with E-state index in [0.717, 1.165) is 10.3 Å². The number of hydrogen-bond donors (Lipinski definition) is 0. The third kappa shape index (κ3) is 2.60. The zero-order valence-electron chi connectivity index (χ0n) is 10.6. The van der Waals surface area contributed by atoms with Gasteiger partial charge in [0.2, 0.25) is 0 Å². The van der Waals surface area contributed by atoms with Crippen LogP contribution in [0.4, 0.5) is 0 Å². The Bertz CT molecular complexity index is 828. The van der Waals surface area contributed by atoms with E-state index in [4.69, 9.17) is 0 Å². The highest BCUT2D eigenvalue weighted by molar-refractivity contribution is 7.13. The van der Waals surface area contributed by atoms with Gasteiger partial charge in [-0.25, -0.2) is 0 Å². The molecule has 0 aliphatic heterocycles. The van der Waals surface area contributed by atoms with Crippen LogP contribution >= 0.6 is 11.5 Å². The van der Waals surface area contributed by atoms with Crippen molar-refractivity contribution in [3.8, 4) is 0 Å². The summed E-state index contributed by atoms with van der Waals surface area (Å²) in [6, 6.07) is 17.5. The summed E-state index contributed by atoms with van der Waals surface area (Å²) in [5.74, 6) is 0. The molecular formula is C16H12N2OS. The molecule has 0 unspecified atom stereocenters. The first-order chi connectivity index (χ1) is 9.84. The van der Waals surface area contributed by atoms with Gasteiger partial charge in [0.25, 0.3) is 5.56 Å². The Morgan fingerprint density at radius 2 is 1.75 bits per heavy atom. The topological polar surface area (TPSA) is 34.4 Å². The minimum absolute atomic E-state index is 0.0741. The Kier molecular flexibility index (Phi) is 3.56. The minimum atomic E-state index is -0.0741. The lowest BCUT2D eigenvalue weighted by Crippen LogP contribution is -2.07. The summed E-state index contributed by atoms with van der Waals surface area (Å²) in [6.45, 7) is 0. The molecule has 98 valence electrons. The second kappa shape index (κ2) is 5.67. The van der Waals surface area contributed by atoms with E-state index in [0.29, 0.717) is 5.39 Å². The van der Waals surface area contributed by atoms with Crippen molar-refractivity contribution in [3.05, 3.63) is 76.6 Å². The van der Waals surface area contributed by atoms with Crippen LogP contribution in [0.1, 0.15) is 5.56 Å². The quantitative estimate of drug-likeness (QED) is 0.675. The molecule has 1 heterocycles. The lowest BCUT2D eigenvalue weighted by molar-refractivity contribution is 0.954. The first kappa shape index (κ1) is 12.6. The Hall–Kier alpha value is -2.46. The molecule has 0 atom stereocenters. The van der Waals surface area contributed by atoms with Crippen molar-refractivity contribution in [2.45, 2.75) is 0 Å². The zero-order valence-corrected chi connectivity index (χ0v) is 11.5. The fraction of sp³-hybridized carbons (Fsp3) is 0. The van der Waals surface area contributed by atoms with Crippen molar-refractivity contribution >= 4 is 33.9 Å². The van der Waals surface area contributed by atoms with Gasteiger partial charge < -0.3 is 0 Å². The molecule has 0 saturated carbocycles. The number of aromatic nitrogens is 1. The molecule has 0 bridgehead atoms. The monoisotopic (exact) mass is 280 g/mol. The highest BCUT2D eigenvalue weighted by Crippen LogP contribution is 2.15. The number of allylic oxidation sites excluding steroid dienone is 1. The molecule has 0 spiro atoms. The molecule has 0 aliphatic carbocycles. The third-order valence-electron chi connectivity index (χ3n) is 2.82. The summed E-state index contributed by atoms with van der Waals surface area (Å²) in [4.78, 5) is 12.0. The van der Waals surface area contributed by atoms with Crippen LogP contribution in [0.5, 0.6) is 0 Å². The molecule has 4 heteroatoms. The summed E-state index contributed by atoms with van der Waals surface area (Å²) in [5.41, 5.74) is 1.03. The van der Waals surface area contributed by atoms with Crippen LogP contribution < -0.4 is 5.56 Å². The van der Waals surface area contributed by atoms with Crippen LogP contribution in [0, 0.1) is 0 Å². The maximum absolute atomic E-state index is 12.0. The molecule has 3 rings (SSSR count). The van der Waals surface area contributed by atoms with E-state index in [-0.39, 0.29) is 5.56 Å². The molecule has 0 aliphatic rings. The summed E-state index contributed by atoms with van der Waals surface area (Å²) < 4.78 is 2.35. The number of rotatable bonds is 3. The van der Waals surface area contributed by atoms with Crippen molar-refractivity contribution in [2.75, 3.05) is 0 Å². The van der Waals surface area contributed by atoms with E-state index in [1.165, 1.54) is 15.6 Å². The van der Waals surface area contributed by atoms with Crippen molar-refractivity contribution in [1.29, 1.82) is 0 Å². The average molecular weight is 280 g/mol. The van der Waals surface area contributed by atoms with Crippen molar-refractivity contribution < 1.29 is 0 Å². The standard InChI is InChI=1S/C16H12N2OS/c19-16-14-10-4-5-11-15(14)20-18(16)17-12-6-9-13-7-2-1-3-8-13/h1-12H/b9-6+,17-12+. The van der Waals surface area contributed by atoms with Crippen LogP contribution in [0.2, 0.25) is 0 Å². The van der Waals surface area contributed by atoms with Gasteiger partial charge in [-0.15, -0.1) is 4.07 Å². The van der Waals surface area contributed by atoms with Crippen molar-refractivity contribution in [1.82, 2.24) is 4.07 Å². The predicted molar refractivity (Wildman–Crippen MR) is 85.5 cm³/mol. The van der Waals surface area contributed by atoms with Gasteiger partial charge in [-0.1, -0.05) is 48.5 Å². The second-order valence-electron chi connectivity index (χ2n) is 4.20. The maximum atomic E-state index is 12.0. The normalized spacial score (nSPS) is 11.8. The van der Waals surface area contributed by atoms with Gasteiger partial charge >= 0.3 is 0 Å². The summed E-state index contributed by atoms with van der Waals surface area (Å²) in [6.07, 6.45) is 5.40. The minimum Gasteiger partial charge on any atom is -0.266 e. The van der Waals surface area contributed by atoms with E-state index in [2.05, 4.69) is 5.10 Å². The molecule has 0 saturated heterocycles. The van der Waals surface area contributed by atoms with Gasteiger partial charge in [-0.3, -0.25) is 4.79 Å². The SMILES string of the molecule is O=c1c2ccccc2sn1/N=C/C=C/c1ccccc1. The zero-order chi connectivity index (χ0) is 13.8. The third-order valence-corrected chi connectivity index (χ3v) is 3.81. The number of fused-ring (bicyclic) bond motifs is 1. The fourth-order valence-corrected chi connectivity index (χ4v) is 2.72. The number of benzene rings is 2. The van der Waals surface area contributed by atoms with E-state index < -0.39 is 0 Å². The Morgan fingerprint density at radius 1 is 1.00 bits per heavy atom. The molecule has 0 N–H and O–H groups in total. The average Bonchev–Trinajstić information content (AvgIpc) is 2.82. The molecule has 0 radical (unpaired) electrons. The first-order valence-electron chi connectivity index (χ1n) is 6.22. The Morgan fingerprint density at radius 3 is 2.55 bits per heavy atom. The molecule has 0 amide bonds. The lowest BCUT2D eigenvalue weighted by Gasteiger charge is -1.88. The smallest absolute Gasteiger partial charge is 0.266 e. The van der Waals surface area contributed by atoms with Gasteiger partial charge in [0.05, 0.1) is 10.1 Å². The van der Waals surface area contributed by atoms with Crippen LogP contribution in [0.15, 0.2) is 70.6 Å². The molecule has 2 aromatic carbocycles. The largest absolute Gasteiger partial charge is 0.289 e. The van der Waals surface area contributed by atoms with E-state index >= 15 is 0 Å². The highest BCUT2D eigenvalue weighted by Gasteiger charge is 2.04. The van der Waals surface area contributed by atoms with E-state index in [1.54, 1.807) is 6.21 Å². The summed E-state index contributed by atoms with van der Waals surface area (Å²) in [5, 5.41) is 4.88. The summed E-state index contributed by atoms with van der Waals surface area (Å²) in [7, 11) is 0. The summed E-state index contributed by atoms with van der Waals surface area (Å²) >= 11 is 1.34. The van der Waals surface area contributed by atoms with Crippen LogP contribution in [0.3, 0.4) is 0 Å². The Labute approximate surface area is 120 Å². The number of hydrogen-bond acceptors (Lipinski definition) is 3. The van der Waals surface area contributed by atoms with Gasteiger partial charge in [0.15, 0.2) is 0 Å². The Balaban J connectivity index is 1.83. The molecule has 20 heavy (non-hydrogen) atoms. The number of nitrogens with zero attached hydrogens (tertiary/aromatic N) is 2. The molecular weight excluding hydrogens is 268 g/mol. The van der Waals surface area contributed by atoms with Gasteiger partial charge in [0, 0.05) is 6.21 Å². The van der Waals surface area contributed by atoms with Gasteiger partial charge in [-0.2, -0.15) is 5.10 Å². The predicted octanol–water partition coefficient (Wildman–Crippen LogP) is 3.61. The van der Waals surface area contributed by atoms with Gasteiger partial charge in [0.1, 0.15) is 0 Å². The highest BCUT2D eigenvalue weighted by atomic mass is 32.1. The molecule has 1 aromatic heterocycles. The second-order valence-corrected chi connectivity index (χ2v) is 5.17. The molecule has 3 aromatic rings. The van der Waals surface area contributed by atoms with Crippen LogP contribution in [-0.2, 0) is 0 Å². The lowest BCUT2D eigenvalue weighted by atomic mass is 10.2. The molecule has 3 nitrogen and oxygen atoms in total. The van der Waals surface area contributed by atoms with Crippen LogP contribution in [0.25, 0.3) is 16.2 Å². The van der Waals surface area contributed by atoms with Crippen molar-refractivity contribution in [2.24, 2.45) is 5.10 Å². The van der Waals surface area contributed by atoms with Crippen LogP contribution in [-0.4, -0.2) is 10.3 Å². The van der Waals surface area contributed by atoms with Gasteiger partial charge in [-0.05, 0) is 35.3 Å². The first-order valence-corrected chi connectivity index (χ1v) is 6.99.